The van der Waals surface area contributed by atoms with E-state index in [2.05, 4.69) is 15.5 Å². The standard InChI is InChI=1S/C22H18N4O3S2/c1-14-11-18(15(2)31-14)20(27)13-29-22(28)19(12-17-9-6-10-30-17)26-21(23-24-25-26)16-7-4-3-5-8-16/h3-12H,13H2,1-2H3/b19-12-. The van der Waals surface area contributed by atoms with Crippen LogP contribution in [0, 0.1) is 13.8 Å². The Kier molecular flexibility index (Phi) is 6.15. The summed E-state index contributed by atoms with van der Waals surface area (Å²) in [6, 6.07) is 14.9. The number of aromatic nitrogens is 4. The second-order valence-corrected chi connectivity index (χ2v) is 9.09. The van der Waals surface area contributed by atoms with Gasteiger partial charge in [0.05, 0.1) is 0 Å². The van der Waals surface area contributed by atoms with Gasteiger partial charge in [0.15, 0.2) is 18.1 Å². The van der Waals surface area contributed by atoms with Crippen LogP contribution in [-0.2, 0) is 9.53 Å². The number of rotatable bonds is 7. The summed E-state index contributed by atoms with van der Waals surface area (Å²) in [5.41, 5.74) is 1.45. The van der Waals surface area contributed by atoms with Crippen molar-refractivity contribution >= 4 is 46.2 Å². The third-order valence-electron chi connectivity index (χ3n) is 4.44. The Morgan fingerprint density at radius 2 is 1.94 bits per heavy atom. The van der Waals surface area contributed by atoms with E-state index in [1.807, 2.05) is 67.8 Å². The molecule has 0 N–H and O–H groups in total. The number of nitrogens with zero attached hydrogens (tertiary/aromatic N) is 4. The predicted molar refractivity (Wildman–Crippen MR) is 121 cm³/mol. The van der Waals surface area contributed by atoms with Gasteiger partial charge in [-0.15, -0.1) is 27.8 Å². The van der Waals surface area contributed by atoms with Crippen molar-refractivity contribution in [3.63, 3.8) is 0 Å². The highest BCUT2D eigenvalue weighted by molar-refractivity contribution is 7.12. The number of tetrazole rings is 1. The molecule has 0 fully saturated rings. The number of Topliss-reactive ketones (excluding diaryl/α,β-unsaturated/α-hetero) is 1. The van der Waals surface area contributed by atoms with Gasteiger partial charge in [0.25, 0.3) is 0 Å². The molecule has 3 heterocycles. The molecule has 9 heteroatoms. The first kappa shape index (κ1) is 20.8. The molecule has 0 atom stereocenters. The van der Waals surface area contributed by atoms with Gasteiger partial charge >= 0.3 is 5.97 Å². The quantitative estimate of drug-likeness (QED) is 0.234. The minimum Gasteiger partial charge on any atom is -0.453 e. The lowest BCUT2D eigenvalue weighted by Gasteiger charge is -2.09. The largest absolute Gasteiger partial charge is 0.453 e. The summed E-state index contributed by atoms with van der Waals surface area (Å²) in [5.74, 6) is -0.530. The van der Waals surface area contributed by atoms with Crippen molar-refractivity contribution < 1.29 is 14.3 Å². The third-order valence-corrected chi connectivity index (χ3v) is 6.22. The monoisotopic (exact) mass is 450 g/mol. The minimum atomic E-state index is -0.684. The highest BCUT2D eigenvalue weighted by Gasteiger charge is 2.22. The summed E-state index contributed by atoms with van der Waals surface area (Å²) >= 11 is 3.00. The van der Waals surface area contributed by atoms with E-state index >= 15 is 0 Å². The Morgan fingerprint density at radius 3 is 2.61 bits per heavy atom. The van der Waals surface area contributed by atoms with Crippen LogP contribution in [0.15, 0.2) is 53.9 Å². The summed E-state index contributed by atoms with van der Waals surface area (Å²) in [6.07, 6.45) is 1.65. The van der Waals surface area contributed by atoms with Gasteiger partial charge in [0.1, 0.15) is 0 Å². The number of aryl methyl sites for hydroxylation is 2. The molecule has 0 radical (unpaired) electrons. The molecule has 7 nitrogen and oxygen atoms in total. The average molecular weight is 451 g/mol. The number of hydrogen-bond donors (Lipinski definition) is 0. The molecule has 0 unspecified atom stereocenters. The fourth-order valence-corrected chi connectivity index (χ4v) is 4.62. The highest BCUT2D eigenvalue weighted by atomic mass is 32.1. The number of ketones is 1. The molecule has 0 spiro atoms. The molecule has 0 saturated heterocycles. The zero-order chi connectivity index (χ0) is 21.8. The number of hydrogen-bond acceptors (Lipinski definition) is 8. The fourth-order valence-electron chi connectivity index (χ4n) is 3.02. The van der Waals surface area contributed by atoms with Gasteiger partial charge in [-0.05, 0) is 47.9 Å². The van der Waals surface area contributed by atoms with Crippen molar-refractivity contribution in [2.24, 2.45) is 0 Å². The molecule has 0 aliphatic carbocycles. The molecule has 1 aromatic carbocycles. The van der Waals surface area contributed by atoms with E-state index in [1.54, 1.807) is 6.08 Å². The number of benzene rings is 1. The molecule has 4 rings (SSSR count). The first-order valence-corrected chi connectivity index (χ1v) is 11.1. The van der Waals surface area contributed by atoms with Crippen LogP contribution in [0.1, 0.15) is 25.0 Å². The summed E-state index contributed by atoms with van der Waals surface area (Å²) in [6.45, 7) is 3.45. The molecular formula is C22H18N4O3S2. The van der Waals surface area contributed by atoms with E-state index in [-0.39, 0.29) is 18.1 Å². The van der Waals surface area contributed by atoms with Crippen molar-refractivity contribution in [1.82, 2.24) is 20.2 Å². The molecule has 31 heavy (non-hydrogen) atoms. The lowest BCUT2D eigenvalue weighted by Crippen LogP contribution is -2.19. The molecule has 0 bridgehead atoms. The average Bonchev–Trinajstić information content (AvgIpc) is 3.52. The Morgan fingerprint density at radius 1 is 1.13 bits per heavy atom. The summed E-state index contributed by atoms with van der Waals surface area (Å²) in [5, 5.41) is 13.7. The molecule has 4 aromatic rings. The maximum atomic E-state index is 13.0. The highest BCUT2D eigenvalue weighted by Crippen LogP contribution is 2.24. The lowest BCUT2D eigenvalue weighted by atomic mass is 10.2. The molecular weight excluding hydrogens is 432 g/mol. The fraction of sp³-hybridized carbons (Fsp3) is 0.136. The zero-order valence-corrected chi connectivity index (χ0v) is 18.4. The topological polar surface area (TPSA) is 87.0 Å². The Hall–Kier alpha value is -3.43. The zero-order valence-electron chi connectivity index (χ0n) is 16.8. The van der Waals surface area contributed by atoms with Crippen LogP contribution >= 0.6 is 22.7 Å². The lowest BCUT2D eigenvalue weighted by molar-refractivity contribution is -0.136. The van der Waals surface area contributed by atoms with Gasteiger partial charge < -0.3 is 4.74 Å². The van der Waals surface area contributed by atoms with Crippen LogP contribution in [0.2, 0.25) is 0 Å². The first-order valence-electron chi connectivity index (χ1n) is 9.39. The number of ether oxygens (including phenoxy) is 1. The van der Waals surface area contributed by atoms with Gasteiger partial charge in [-0.25, -0.2) is 4.79 Å². The molecule has 0 amide bonds. The number of carbonyl (C=O) groups is 2. The maximum absolute atomic E-state index is 13.0. The first-order chi connectivity index (χ1) is 15.0. The van der Waals surface area contributed by atoms with E-state index in [9.17, 15) is 9.59 Å². The van der Waals surface area contributed by atoms with Crippen molar-refractivity contribution in [2.75, 3.05) is 6.61 Å². The van der Waals surface area contributed by atoms with Crippen LogP contribution in [0.4, 0.5) is 0 Å². The van der Waals surface area contributed by atoms with E-state index in [1.165, 1.54) is 27.4 Å². The van der Waals surface area contributed by atoms with Crippen LogP contribution in [0.5, 0.6) is 0 Å². The smallest absolute Gasteiger partial charge is 0.357 e. The number of thiophene rings is 2. The van der Waals surface area contributed by atoms with Crippen molar-refractivity contribution in [1.29, 1.82) is 0 Å². The Bertz CT molecular complexity index is 1240. The van der Waals surface area contributed by atoms with Crippen LogP contribution < -0.4 is 0 Å². The third kappa shape index (κ3) is 4.68. The van der Waals surface area contributed by atoms with Crippen molar-refractivity contribution in [3.8, 4) is 11.4 Å². The van der Waals surface area contributed by atoms with E-state index in [4.69, 9.17) is 4.74 Å². The van der Waals surface area contributed by atoms with Crippen molar-refractivity contribution in [2.45, 2.75) is 13.8 Å². The second-order valence-electron chi connectivity index (χ2n) is 6.65. The second kappa shape index (κ2) is 9.15. The van der Waals surface area contributed by atoms with Gasteiger partial charge in [0.2, 0.25) is 5.78 Å². The summed E-state index contributed by atoms with van der Waals surface area (Å²) < 4.78 is 6.72. The SMILES string of the molecule is Cc1cc(C(=O)COC(=O)/C(=C/c2cccs2)n2nnnc2-c2ccccc2)c(C)s1. The van der Waals surface area contributed by atoms with Crippen LogP contribution in [0.25, 0.3) is 23.2 Å². The number of carbonyl (C=O) groups excluding carboxylic acids is 2. The minimum absolute atomic E-state index is 0.123. The summed E-state index contributed by atoms with van der Waals surface area (Å²) in [4.78, 5) is 28.4. The van der Waals surface area contributed by atoms with Gasteiger partial charge in [0, 0.05) is 25.8 Å². The van der Waals surface area contributed by atoms with Crippen LogP contribution in [0.3, 0.4) is 0 Å². The van der Waals surface area contributed by atoms with Crippen LogP contribution in [-0.4, -0.2) is 38.6 Å². The molecule has 3 aromatic heterocycles. The maximum Gasteiger partial charge on any atom is 0.357 e. The van der Waals surface area contributed by atoms with E-state index in [0.717, 1.165) is 20.2 Å². The van der Waals surface area contributed by atoms with Gasteiger partial charge in [-0.2, -0.15) is 4.68 Å². The summed E-state index contributed by atoms with van der Waals surface area (Å²) in [7, 11) is 0. The Labute approximate surface area is 186 Å². The normalized spacial score (nSPS) is 11.5. The van der Waals surface area contributed by atoms with Gasteiger partial charge in [-0.1, -0.05) is 36.4 Å². The molecule has 0 aliphatic heterocycles. The van der Waals surface area contributed by atoms with Gasteiger partial charge in [-0.3, -0.25) is 4.79 Å². The van der Waals surface area contributed by atoms with E-state index in [0.29, 0.717) is 11.4 Å². The van der Waals surface area contributed by atoms with Crippen molar-refractivity contribution in [3.05, 3.63) is 74.1 Å². The Balaban J connectivity index is 1.63. The van der Waals surface area contributed by atoms with E-state index < -0.39 is 5.97 Å². The molecule has 156 valence electrons. The molecule has 0 saturated carbocycles. The number of esters is 1. The predicted octanol–water partition coefficient (Wildman–Crippen LogP) is 4.50. The molecule has 0 aliphatic rings.